The van der Waals surface area contributed by atoms with Gasteiger partial charge in [-0.15, -0.1) is 0 Å². The minimum Gasteiger partial charge on any atom is -0.378 e. The molecule has 2 N–H and O–H groups in total. The lowest BCUT2D eigenvalue weighted by molar-refractivity contribution is 0.102. The van der Waals surface area contributed by atoms with Gasteiger partial charge < -0.3 is 15.0 Å². The summed E-state index contributed by atoms with van der Waals surface area (Å²) in [5.41, 5.74) is 2.75. The van der Waals surface area contributed by atoms with Crippen molar-refractivity contribution in [1.82, 2.24) is 0 Å². The average Bonchev–Trinajstić information content (AvgIpc) is 2.81. The van der Waals surface area contributed by atoms with Crippen molar-refractivity contribution >= 4 is 33.0 Å². The Kier molecular flexibility index (Phi) is 6.85. The molecule has 178 valence electrons. The van der Waals surface area contributed by atoms with Gasteiger partial charge in [-0.1, -0.05) is 24.3 Å². The smallest absolute Gasteiger partial charge is 0.261 e. The van der Waals surface area contributed by atoms with Crippen molar-refractivity contribution in [2.24, 2.45) is 0 Å². The van der Waals surface area contributed by atoms with Crippen LogP contribution in [0.15, 0.2) is 65.6 Å². The number of carbonyl (C=O) groups excluding carboxylic acids is 1. The van der Waals surface area contributed by atoms with Crippen LogP contribution < -0.4 is 14.9 Å². The average molecular weight is 484 g/mol. The molecule has 0 atom stereocenters. The van der Waals surface area contributed by atoms with Gasteiger partial charge >= 0.3 is 0 Å². The van der Waals surface area contributed by atoms with Crippen LogP contribution in [-0.4, -0.2) is 40.6 Å². The number of benzene rings is 3. The lowest BCUT2D eigenvalue weighted by atomic mass is 10.1. The van der Waals surface area contributed by atoms with E-state index in [2.05, 4.69) is 10.0 Å². The number of halogens is 1. The third kappa shape index (κ3) is 5.21. The zero-order valence-corrected chi connectivity index (χ0v) is 19.8. The van der Waals surface area contributed by atoms with Crippen LogP contribution >= 0.6 is 0 Å². The van der Waals surface area contributed by atoms with Crippen LogP contribution in [0.5, 0.6) is 0 Å². The van der Waals surface area contributed by atoms with E-state index in [4.69, 9.17) is 4.74 Å². The first-order valence-corrected chi connectivity index (χ1v) is 12.4. The van der Waals surface area contributed by atoms with Crippen LogP contribution in [0.1, 0.15) is 21.5 Å². The van der Waals surface area contributed by atoms with Crippen molar-refractivity contribution in [3.05, 3.63) is 83.2 Å². The lowest BCUT2D eigenvalue weighted by Crippen LogP contribution is -2.36. The summed E-state index contributed by atoms with van der Waals surface area (Å²) in [5.74, 6) is -0.973. The molecule has 4 rings (SSSR count). The van der Waals surface area contributed by atoms with Crippen molar-refractivity contribution in [2.45, 2.75) is 18.7 Å². The number of carbonyl (C=O) groups is 1. The molecule has 9 heteroatoms. The first-order valence-electron chi connectivity index (χ1n) is 10.9. The number of hydrogen-bond donors (Lipinski definition) is 2. The van der Waals surface area contributed by atoms with Gasteiger partial charge in [-0.25, -0.2) is 12.8 Å². The van der Waals surface area contributed by atoms with Gasteiger partial charge in [0, 0.05) is 24.3 Å². The summed E-state index contributed by atoms with van der Waals surface area (Å²) >= 11 is 0. The fourth-order valence-corrected chi connectivity index (χ4v) is 4.90. The van der Waals surface area contributed by atoms with Crippen LogP contribution in [0.25, 0.3) is 0 Å². The number of hydrogen-bond acceptors (Lipinski definition) is 5. The van der Waals surface area contributed by atoms with E-state index in [0.29, 0.717) is 43.2 Å². The van der Waals surface area contributed by atoms with E-state index in [9.17, 15) is 17.6 Å². The number of aryl methyl sites for hydroxylation is 2. The molecule has 1 aliphatic heterocycles. The molecule has 0 bridgehead atoms. The summed E-state index contributed by atoms with van der Waals surface area (Å²) in [6.07, 6.45) is 0. The molecular weight excluding hydrogens is 457 g/mol. The highest BCUT2D eigenvalue weighted by Gasteiger charge is 2.20. The van der Waals surface area contributed by atoms with E-state index in [1.54, 1.807) is 50.2 Å². The van der Waals surface area contributed by atoms with E-state index in [1.165, 1.54) is 18.2 Å². The van der Waals surface area contributed by atoms with E-state index >= 15 is 0 Å². The largest absolute Gasteiger partial charge is 0.378 e. The second-order valence-corrected chi connectivity index (χ2v) is 9.80. The highest BCUT2D eigenvalue weighted by Crippen LogP contribution is 2.25. The molecule has 7 nitrogen and oxygen atoms in total. The summed E-state index contributed by atoms with van der Waals surface area (Å²) in [4.78, 5) is 14.8. The molecule has 0 aliphatic carbocycles. The standard InChI is InChI=1S/C25H26FN3O4S/c1-17-7-9-20(34(31,32)28-23-6-4-3-5-18(23)2)16-21(17)25(30)27-19-8-10-24(22(26)15-19)29-11-13-33-14-12-29/h3-10,15-16,28H,11-14H2,1-2H3,(H,27,30). The van der Waals surface area contributed by atoms with Gasteiger partial charge in [-0.3, -0.25) is 9.52 Å². The first-order chi connectivity index (χ1) is 16.2. The van der Waals surface area contributed by atoms with Gasteiger partial charge in [0.05, 0.1) is 29.5 Å². The van der Waals surface area contributed by atoms with Gasteiger partial charge in [0.2, 0.25) is 0 Å². The molecule has 1 heterocycles. The predicted octanol–water partition coefficient (Wildman–Crippen LogP) is 4.33. The Morgan fingerprint density at radius 3 is 2.41 bits per heavy atom. The molecule has 0 aromatic heterocycles. The summed E-state index contributed by atoms with van der Waals surface area (Å²) in [5, 5.41) is 2.67. The molecule has 0 radical (unpaired) electrons. The Bertz CT molecular complexity index is 1320. The lowest BCUT2D eigenvalue weighted by Gasteiger charge is -2.29. The SMILES string of the molecule is Cc1ccccc1NS(=O)(=O)c1ccc(C)c(C(=O)Nc2ccc(N3CCOCC3)c(F)c2)c1. The maximum Gasteiger partial charge on any atom is 0.261 e. The molecule has 1 saturated heterocycles. The maximum atomic E-state index is 14.7. The summed E-state index contributed by atoms with van der Waals surface area (Å²) in [6, 6.07) is 15.9. The van der Waals surface area contributed by atoms with E-state index in [0.717, 1.165) is 5.56 Å². The number of sulfonamides is 1. The molecule has 1 aliphatic rings. The third-order valence-electron chi connectivity index (χ3n) is 5.71. The van der Waals surface area contributed by atoms with Gasteiger partial charge in [0.1, 0.15) is 5.82 Å². The van der Waals surface area contributed by atoms with Crippen molar-refractivity contribution in [3.63, 3.8) is 0 Å². The summed E-state index contributed by atoms with van der Waals surface area (Å²) in [7, 11) is -3.91. The number of rotatable bonds is 6. The normalized spacial score (nSPS) is 14.0. The monoisotopic (exact) mass is 483 g/mol. The van der Waals surface area contributed by atoms with Crippen LogP contribution in [-0.2, 0) is 14.8 Å². The maximum absolute atomic E-state index is 14.7. The second kappa shape index (κ2) is 9.82. The van der Waals surface area contributed by atoms with Crippen molar-refractivity contribution < 1.29 is 22.3 Å². The summed E-state index contributed by atoms with van der Waals surface area (Å²) in [6.45, 7) is 5.78. The Morgan fingerprint density at radius 2 is 1.71 bits per heavy atom. The predicted molar refractivity (Wildman–Crippen MR) is 131 cm³/mol. The van der Waals surface area contributed by atoms with Gasteiger partial charge in [0.25, 0.3) is 15.9 Å². The topological polar surface area (TPSA) is 87.7 Å². The van der Waals surface area contributed by atoms with E-state index in [1.807, 2.05) is 11.0 Å². The number of para-hydroxylation sites is 1. The van der Waals surface area contributed by atoms with Gasteiger partial charge in [0.15, 0.2) is 0 Å². The quantitative estimate of drug-likeness (QED) is 0.545. The van der Waals surface area contributed by atoms with E-state index in [-0.39, 0.29) is 16.1 Å². The molecule has 0 spiro atoms. The zero-order chi connectivity index (χ0) is 24.3. The Hall–Kier alpha value is -3.43. The van der Waals surface area contributed by atoms with Gasteiger partial charge in [-0.05, 0) is 61.4 Å². The van der Waals surface area contributed by atoms with Crippen LogP contribution in [0.4, 0.5) is 21.5 Å². The minimum atomic E-state index is -3.91. The second-order valence-electron chi connectivity index (χ2n) is 8.12. The van der Waals surface area contributed by atoms with Gasteiger partial charge in [-0.2, -0.15) is 0 Å². The molecule has 3 aromatic carbocycles. The molecular formula is C25H26FN3O4S. The Morgan fingerprint density at radius 1 is 0.971 bits per heavy atom. The third-order valence-corrected chi connectivity index (χ3v) is 7.07. The number of nitrogens with zero attached hydrogens (tertiary/aromatic N) is 1. The minimum absolute atomic E-state index is 0.0413. The molecule has 1 amide bonds. The fraction of sp³-hybridized carbons (Fsp3) is 0.240. The Labute approximate surface area is 198 Å². The highest BCUT2D eigenvalue weighted by molar-refractivity contribution is 7.92. The van der Waals surface area contributed by atoms with Crippen molar-refractivity contribution in [1.29, 1.82) is 0 Å². The molecule has 3 aromatic rings. The number of ether oxygens (including phenoxy) is 1. The Balaban J connectivity index is 1.54. The first kappa shape index (κ1) is 23.7. The molecule has 1 fully saturated rings. The zero-order valence-electron chi connectivity index (χ0n) is 19.0. The van der Waals surface area contributed by atoms with Crippen molar-refractivity contribution in [3.8, 4) is 0 Å². The highest BCUT2D eigenvalue weighted by atomic mass is 32.2. The molecule has 34 heavy (non-hydrogen) atoms. The van der Waals surface area contributed by atoms with Crippen LogP contribution in [0.3, 0.4) is 0 Å². The molecule has 0 unspecified atom stereocenters. The number of anilines is 3. The number of morpholine rings is 1. The number of amides is 1. The van der Waals surface area contributed by atoms with Crippen LogP contribution in [0, 0.1) is 19.7 Å². The van der Waals surface area contributed by atoms with E-state index < -0.39 is 21.7 Å². The summed E-state index contributed by atoms with van der Waals surface area (Å²) < 4.78 is 48.4. The van der Waals surface area contributed by atoms with Crippen molar-refractivity contribution in [2.75, 3.05) is 41.2 Å². The number of nitrogens with one attached hydrogen (secondary N) is 2. The van der Waals surface area contributed by atoms with Crippen LogP contribution in [0.2, 0.25) is 0 Å². The fourth-order valence-electron chi connectivity index (χ4n) is 3.75. The molecule has 0 saturated carbocycles.